The van der Waals surface area contributed by atoms with Crippen LogP contribution in [-0.4, -0.2) is 28.7 Å². The predicted octanol–water partition coefficient (Wildman–Crippen LogP) is 2.77. The zero-order valence-electron chi connectivity index (χ0n) is 12.6. The van der Waals surface area contributed by atoms with Crippen molar-refractivity contribution in [1.29, 1.82) is 0 Å². The van der Waals surface area contributed by atoms with E-state index in [0.717, 1.165) is 54.6 Å². The number of carbonyl (C=O) groups is 1. The number of halogens is 1. The molecule has 0 aromatic carbocycles. The summed E-state index contributed by atoms with van der Waals surface area (Å²) in [6.07, 6.45) is 4.62. The van der Waals surface area contributed by atoms with Crippen molar-refractivity contribution in [2.75, 3.05) is 13.1 Å². The average Bonchev–Trinajstić information content (AvgIpc) is 2.67. The first-order chi connectivity index (χ1) is 9.50. The molecule has 0 radical (unpaired) electrons. The molecule has 1 saturated heterocycles. The van der Waals surface area contributed by atoms with E-state index in [1.165, 1.54) is 0 Å². The Morgan fingerprint density at radius 3 is 2.80 bits per heavy atom. The van der Waals surface area contributed by atoms with Gasteiger partial charge in [-0.2, -0.15) is 5.10 Å². The minimum Gasteiger partial charge on any atom is -0.316 e. The van der Waals surface area contributed by atoms with Gasteiger partial charge < -0.3 is 5.32 Å². The number of Topliss-reactive ketones (excluding diaryl/α,β-unsaturated/α-hetero) is 1. The van der Waals surface area contributed by atoms with Gasteiger partial charge in [0, 0.05) is 19.0 Å². The second-order valence-corrected chi connectivity index (χ2v) is 6.67. The van der Waals surface area contributed by atoms with E-state index in [1.807, 2.05) is 18.7 Å². The highest BCUT2D eigenvalue weighted by molar-refractivity contribution is 9.10. The van der Waals surface area contributed by atoms with Crippen molar-refractivity contribution in [3.05, 3.63) is 15.9 Å². The standard InChI is InChI=1S/C15H24BrN3O/c1-4-6-15(7-5-8-17-10-15)13(20)9-12-14(16)11(2)18-19(12)3/h17H,4-10H2,1-3H3. The molecule has 2 heterocycles. The number of nitrogens with one attached hydrogen (secondary N) is 1. The Morgan fingerprint density at radius 2 is 2.30 bits per heavy atom. The fraction of sp³-hybridized carbons (Fsp3) is 0.733. The summed E-state index contributed by atoms with van der Waals surface area (Å²) in [6.45, 7) is 5.98. The van der Waals surface area contributed by atoms with Crippen LogP contribution in [0.3, 0.4) is 0 Å². The first-order valence-corrected chi connectivity index (χ1v) is 8.21. The molecular weight excluding hydrogens is 318 g/mol. The molecule has 1 atom stereocenters. The number of hydrogen-bond acceptors (Lipinski definition) is 3. The zero-order chi connectivity index (χ0) is 14.8. The first-order valence-electron chi connectivity index (χ1n) is 7.42. The normalized spacial score (nSPS) is 23.0. The van der Waals surface area contributed by atoms with Crippen LogP contribution >= 0.6 is 15.9 Å². The lowest BCUT2D eigenvalue weighted by Gasteiger charge is -2.36. The van der Waals surface area contributed by atoms with Crippen LogP contribution < -0.4 is 5.32 Å². The van der Waals surface area contributed by atoms with Crippen molar-refractivity contribution < 1.29 is 4.79 Å². The van der Waals surface area contributed by atoms with Crippen LogP contribution in [0.4, 0.5) is 0 Å². The Morgan fingerprint density at radius 1 is 1.55 bits per heavy atom. The number of piperidine rings is 1. The Labute approximate surface area is 129 Å². The number of aryl methyl sites for hydroxylation is 2. The molecule has 0 saturated carbocycles. The second-order valence-electron chi connectivity index (χ2n) is 5.88. The van der Waals surface area contributed by atoms with Gasteiger partial charge in [0.1, 0.15) is 5.78 Å². The van der Waals surface area contributed by atoms with E-state index >= 15 is 0 Å². The maximum Gasteiger partial charge on any atom is 0.146 e. The summed E-state index contributed by atoms with van der Waals surface area (Å²) < 4.78 is 2.80. The van der Waals surface area contributed by atoms with Gasteiger partial charge in [-0.05, 0) is 48.7 Å². The molecule has 1 aromatic heterocycles. The molecule has 20 heavy (non-hydrogen) atoms. The summed E-state index contributed by atoms with van der Waals surface area (Å²) in [5, 5.41) is 7.79. The van der Waals surface area contributed by atoms with E-state index in [-0.39, 0.29) is 5.41 Å². The van der Waals surface area contributed by atoms with Crippen molar-refractivity contribution in [1.82, 2.24) is 15.1 Å². The van der Waals surface area contributed by atoms with Crippen molar-refractivity contribution in [3.8, 4) is 0 Å². The van der Waals surface area contributed by atoms with Crippen LogP contribution in [0.2, 0.25) is 0 Å². The van der Waals surface area contributed by atoms with Crippen molar-refractivity contribution in [2.45, 2.75) is 46.0 Å². The maximum atomic E-state index is 12.9. The molecular formula is C15H24BrN3O. The highest BCUT2D eigenvalue weighted by Crippen LogP contribution is 2.34. The molecule has 2 rings (SSSR count). The van der Waals surface area contributed by atoms with Crippen molar-refractivity contribution in [2.24, 2.45) is 12.5 Å². The lowest BCUT2D eigenvalue weighted by Crippen LogP contribution is -2.46. The molecule has 1 aliphatic heterocycles. The number of hydrogen-bond donors (Lipinski definition) is 1. The van der Waals surface area contributed by atoms with E-state index < -0.39 is 0 Å². The lowest BCUT2D eigenvalue weighted by atomic mass is 9.72. The van der Waals surface area contributed by atoms with Gasteiger partial charge in [-0.15, -0.1) is 0 Å². The van der Waals surface area contributed by atoms with Gasteiger partial charge in [-0.1, -0.05) is 13.3 Å². The number of rotatable bonds is 5. The fourth-order valence-corrected chi connectivity index (χ4v) is 3.73. The topological polar surface area (TPSA) is 46.9 Å². The van der Waals surface area contributed by atoms with Crippen molar-refractivity contribution in [3.63, 3.8) is 0 Å². The monoisotopic (exact) mass is 341 g/mol. The van der Waals surface area contributed by atoms with Gasteiger partial charge in [-0.3, -0.25) is 9.48 Å². The number of aromatic nitrogens is 2. The molecule has 1 unspecified atom stereocenters. The molecule has 1 N–H and O–H groups in total. The fourth-order valence-electron chi connectivity index (χ4n) is 3.25. The van der Waals surface area contributed by atoms with Crippen LogP contribution in [0, 0.1) is 12.3 Å². The van der Waals surface area contributed by atoms with Gasteiger partial charge >= 0.3 is 0 Å². The molecule has 0 bridgehead atoms. The molecule has 1 aromatic rings. The number of ketones is 1. The smallest absolute Gasteiger partial charge is 0.146 e. The van der Waals surface area contributed by atoms with Crippen molar-refractivity contribution >= 4 is 21.7 Å². The summed E-state index contributed by atoms with van der Waals surface area (Å²) in [4.78, 5) is 12.9. The summed E-state index contributed by atoms with van der Waals surface area (Å²) in [5.74, 6) is 0.357. The third-order valence-corrected chi connectivity index (χ3v) is 5.41. The van der Waals surface area contributed by atoms with E-state index in [9.17, 15) is 4.79 Å². The van der Waals surface area contributed by atoms with E-state index in [0.29, 0.717) is 12.2 Å². The number of carbonyl (C=O) groups excluding carboxylic acids is 1. The highest BCUT2D eigenvalue weighted by Gasteiger charge is 2.38. The zero-order valence-corrected chi connectivity index (χ0v) is 14.2. The molecule has 4 nitrogen and oxygen atoms in total. The Kier molecular flexibility index (Phi) is 5.02. The third-order valence-electron chi connectivity index (χ3n) is 4.38. The van der Waals surface area contributed by atoms with Gasteiger partial charge in [0.2, 0.25) is 0 Å². The van der Waals surface area contributed by atoms with E-state index in [4.69, 9.17) is 0 Å². The minimum absolute atomic E-state index is 0.176. The Bertz CT molecular complexity index is 484. The van der Waals surface area contributed by atoms with Crippen LogP contribution in [0.25, 0.3) is 0 Å². The largest absolute Gasteiger partial charge is 0.316 e. The second kappa shape index (κ2) is 6.39. The van der Waals surface area contributed by atoms with E-state index in [1.54, 1.807) is 0 Å². The Balaban J connectivity index is 2.20. The van der Waals surface area contributed by atoms with E-state index in [2.05, 4.69) is 33.3 Å². The molecule has 0 spiro atoms. The van der Waals surface area contributed by atoms with Crippen LogP contribution in [0.5, 0.6) is 0 Å². The first kappa shape index (κ1) is 15.7. The van der Waals surface area contributed by atoms with Crippen LogP contribution in [0.15, 0.2) is 4.47 Å². The SMILES string of the molecule is CCCC1(C(=O)Cc2c(Br)c(C)nn2C)CCCNC1. The predicted molar refractivity (Wildman–Crippen MR) is 83.8 cm³/mol. The minimum atomic E-state index is -0.176. The summed E-state index contributed by atoms with van der Waals surface area (Å²) in [6, 6.07) is 0. The molecule has 0 aliphatic carbocycles. The maximum absolute atomic E-state index is 12.9. The molecule has 5 heteroatoms. The molecule has 0 amide bonds. The molecule has 112 valence electrons. The van der Waals surface area contributed by atoms with Gasteiger partial charge in [0.25, 0.3) is 0 Å². The van der Waals surface area contributed by atoms with Gasteiger partial charge in [0.15, 0.2) is 0 Å². The summed E-state index contributed by atoms with van der Waals surface area (Å²) in [5.41, 5.74) is 1.76. The lowest BCUT2D eigenvalue weighted by molar-refractivity contribution is -0.129. The molecule has 1 fully saturated rings. The quantitative estimate of drug-likeness (QED) is 0.895. The van der Waals surface area contributed by atoms with Crippen LogP contribution in [-0.2, 0) is 18.3 Å². The highest BCUT2D eigenvalue weighted by atomic mass is 79.9. The third kappa shape index (κ3) is 2.98. The average molecular weight is 342 g/mol. The Hall–Kier alpha value is -0.680. The number of nitrogens with zero attached hydrogens (tertiary/aromatic N) is 2. The molecule has 1 aliphatic rings. The summed E-state index contributed by atoms with van der Waals surface area (Å²) >= 11 is 3.56. The van der Waals surface area contributed by atoms with Gasteiger partial charge in [-0.25, -0.2) is 0 Å². The van der Waals surface area contributed by atoms with Crippen LogP contribution in [0.1, 0.15) is 44.0 Å². The summed E-state index contributed by atoms with van der Waals surface area (Å²) in [7, 11) is 1.91. The van der Waals surface area contributed by atoms with Gasteiger partial charge in [0.05, 0.1) is 22.3 Å².